The quantitative estimate of drug-likeness (QED) is 0.464. The van der Waals surface area contributed by atoms with E-state index in [0.717, 1.165) is 12.1 Å². The summed E-state index contributed by atoms with van der Waals surface area (Å²) in [5.74, 6) is -1.59. The average molecular weight is 498 g/mol. The first-order valence-electron chi connectivity index (χ1n) is 10.3. The van der Waals surface area contributed by atoms with Crippen LogP contribution in [0.15, 0.2) is 64.9 Å². The van der Waals surface area contributed by atoms with E-state index in [1.807, 2.05) is 0 Å². The molecule has 1 atom stereocenters. The van der Waals surface area contributed by atoms with Gasteiger partial charge in [0.15, 0.2) is 0 Å². The van der Waals surface area contributed by atoms with Crippen molar-refractivity contribution in [2.45, 2.75) is 36.6 Å². The number of amides is 1. The molecule has 0 aliphatic rings. The lowest BCUT2D eigenvalue weighted by Gasteiger charge is -2.19. The highest BCUT2D eigenvalue weighted by Crippen LogP contribution is 2.21. The molecule has 2 N–H and O–H groups in total. The molecule has 2 rings (SSSR count). The highest BCUT2D eigenvalue weighted by Gasteiger charge is 2.23. The first kappa shape index (κ1) is 26.7. The van der Waals surface area contributed by atoms with Gasteiger partial charge in [-0.15, -0.1) is 6.58 Å². The zero-order chi connectivity index (χ0) is 24.8. The van der Waals surface area contributed by atoms with Crippen molar-refractivity contribution < 1.29 is 26.0 Å². The molecule has 1 unspecified atom stereocenters. The maximum Gasteiger partial charge on any atom is 0.251 e. The molecule has 0 aliphatic carbocycles. The van der Waals surface area contributed by atoms with E-state index in [0.29, 0.717) is 18.7 Å². The SMILES string of the molecule is C=CCNS(=O)(=O)c1cc(C(=O)NC(C)c2ccc(S(=O)(=O)N(CC)CC)cc2)ccc1F. The molecule has 0 heterocycles. The van der Waals surface area contributed by atoms with E-state index in [9.17, 15) is 26.0 Å². The van der Waals surface area contributed by atoms with Crippen LogP contribution >= 0.6 is 0 Å². The highest BCUT2D eigenvalue weighted by atomic mass is 32.2. The van der Waals surface area contributed by atoms with E-state index in [1.165, 1.54) is 28.6 Å². The molecule has 2 aromatic rings. The summed E-state index contributed by atoms with van der Waals surface area (Å²) in [7, 11) is -7.76. The van der Waals surface area contributed by atoms with Crippen LogP contribution in [-0.2, 0) is 20.0 Å². The zero-order valence-electron chi connectivity index (χ0n) is 18.7. The minimum Gasteiger partial charge on any atom is -0.346 e. The highest BCUT2D eigenvalue weighted by molar-refractivity contribution is 7.89. The molecule has 8 nitrogen and oxygen atoms in total. The second-order valence-corrected chi connectivity index (χ2v) is 10.8. The van der Waals surface area contributed by atoms with Gasteiger partial charge < -0.3 is 5.32 Å². The van der Waals surface area contributed by atoms with E-state index >= 15 is 0 Å². The summed E-state index contributed by atoms with van der Waals surface area (Å²) in [5.41, 5.74) is 0.604. The molecule has 0 saturated carbocycles. The Morgan fingerprint density at radius 1 is 1.09 bits per heavy atom. The number of sulfonamides is 2. The normalized spacial score (nSPS) is 13.0. The van der Waals surface area contributed by atoms with Gasteiger partial charge in [-0.05, 0) is 42.8 Å². The minimum absolute atomic E-state index is 0.0389. The second-order valence-electron chi connectivity index (χ2n) is 7.14. The van der Waals surface area contributed by atoms with Gasteiger partial charge >= 0.3 is 0 Å². The van der Waals surface area contributed by atoms with E-state index in [4.69, 9.17) is 0 Å². The van der Waals surface area contributed by atoms with Crippen LogP contribution in [0.25, 0.3) is 0 Å². The van der Waals surface area contributed by atoms with Crippen LogP contribution in [0.5, 0.6) is 0 Å². The van der Waals surface area contributed by atoms with Crippen molar-refractivity contribution in [1.29, 1.82) is 0 Å². The molecule has 33 heavy (non-hydrogen) atoms. The smallest absolute Gasteiger partial charge is 0.251 e. The number of hydrogen-bond acceptors (Lipinski definition) is 5. The van der Waals surface area contributed by atoms with Crippen molar-refractivity contribution in [2.24, 2.45) is 0 Å². The predicted octanol–water partition coefficient (Wildman–Crippen LogP) is 2.81. The van der Waals surface area contributed by atoms with Crippen LogP contribution in [0.1, 0.15) is 42.7 Å². The molecular weight excluding hydrogens is 469 g/mol. The summed E-state index contributed by atoms with van der Waals surface area (Å²) in [4.78, 5) is 12.2. The Bertz CT molecular complexity index is 1210. The fourth-order valence-corrected chi connectivity index (χ4v) is 5.66. The molecular formula is C22H28FN3O5S2. The summed E-state index contributed by atoms with van der Waals surface area (Å²) < 4.78 is 67.3. The summed E-state index contributed by atoms with van der Waals surface area (Å²) >= 11 is 0. The Labute approximate surface area is 194 Å². The van der Waals surface area contributed by atoms with Gasteiger partial charge in [-0.3, -0.25) is 4.79 Å². The van der Waals surface area contributed by atoms with Gasteiger partial charge in [-0.1, -0.05) is 32.1 Å². The third-order valence-corrected chi connectivity index (χ3v) is 8.47. The number of carbonyl (C=O) groups is 1. The molecule has 0 spiro atoms. The number of rotatable bonds is 11. The fraction of sp³-hybridized carbons (Fsp3) is 0.318. The lowest BCUT2D eigenvalue weighted by molar-refractivity contribution is 0.0939. The molecule has 180 valence electrons. The Kier molecular flexibility index (Phi) is 8.89. The van der Waals surface area contributed by atoms with Gasteiger partial charge in [0.1, 0.15) is 10.7 Å². The second kappa shape index (κ2) is 11.0. The van der Waals surface area contributed by atoms with Gasteiger partial charge in [0, 0.05) is 25.2 Å². The molecule has 1 amide bonds. The van der Waals surface area contributed by atoms with E-state index in [2.05, 4.69) is 16.6 Å². The Hall–Kier alpha value is -2.60. The summed E-state index contributed by atoms with van der Waals surface area (Å²) in [5, 5.41) is 2.70. The third kappa shape index (κ3) is 6.26. The first-order chi connectivity index (χ1) is 15.5. The summed E-state index contributed by atoms with van der Waals surface area (Å²) in [6.07, 6.45) is 1.31. The van der Waals surface area contributed by atoms with Gasteiger partial charge in [-0.2, -0.15) is 4.31 Å². The van der Waals surface area contributed by atoms with E-state index in [-0.39, 0.29) is 17.0 Å². The van der Waals surface area contributed by atoms with Crippen molar-refractivity contribution >= 4 is 26.0 Å². The lowest BCUT2D eigenvalue weighted by atomic mass is 10.1. The molecule has 0 aromatic heterocycles. The number of halogens is 1. The van der Waals surface area contributed by atoms with Crippen LogP contribution in [-0.4, -0.2) is 46.7 Å². The van der Waals surface area contributed by atoms with Gasteiger partial charge in [-0.25, -0.2) is 25.9 Å². The number of nitrogens with zero attached hydrogens (tertiary/aromatic N) is 1. The fourth-order valence-electron chi connectivity index (χ4n) is 3.10. The standard InChI is InChI=1S/C22H28FN3O5S2/c1-5-14-24-32(28,29)21-15-18(10-13-20(21)23)22(27)25-16(4)17-8-11-19(12-9-17)33(30,31)26(6-2)7-3/h5,8-13,15-16,24H,1,6-7,14H2,2-4H3,(H,25,27). The molecule has 0 aliphatic heterocycles. The number of nitrogens with one attached hydrogen (secondary N) is 2. The zero-order valence-corrected chi connectivity index (χ0v) is 20.3. The van der Waals surface area contributed by atoms with Crippen LogP contribution in [0.4, 0.5) is 4.39 Å². The van der Waals surface area contributed by atoms with E-state index in [1.54, 1.807) is 32.9 Å². The van der Waals surface area contributed by atoms with Crippen molar-refractivity contribution in [2.75, 3.05) is 19.6 Å². The topological polar surface area (TPSA) is 113 Å². The Morgan fingerprint density at radius 3 is 2.24 bits per heavy atom. The van der Waals surface area contributed by atoms with Crippen LogP contribution in [0.3, 0.4) is 0 Å². The molecule has 0 fully saturated rings. The van der Waals surface area contributed by atoms with Crippen molar-refractivity contribution in [3.63, 3.8) is 0 Å². The largest absolute Gasteiger partial charge is 0.346 e. The number of carbonyl (C=O) groups excluding carboxylic acids is 1. The van der Waals surface area contributed by atoms with Gasteiger partial charge in [0.05, 0.1) is 10.9 Å². The van der Waals surface area contributed by atoms with E-state index < -0.39 is 42.7 Å². The van der Waals surface area contributed by atoms with Crippen LogP contribution < -0.4 is 10.0 Å². The van der Waals surface area contributed by atoms with Crippen molar-refractivity contribution in [3.05, 3.63) is 72.1 Å². The number of hydrogen-bond donors (Lipinski definition) is 2. The van der Waals surface area contributed by atoms with Crippen LogP contribution in [0.2, 0.25) is 0 Å². The Morgan fingerprint density at radius 2 is 1.70 bits per heavy atom. The molecule has 11 heteroatoms. The van der Waals surface area contributed by atoms with Crippen LogP contribution in [0, 0.1) is 5.82 Å². The molecule has 0 radical (unpaired) electrons. The molecule has 2 aromatic carbocycles. The molecule has 0 saturated heterocycles. The molecule has 0 bridgehead atoms. The maximum absolute atomic E-state index is 14.1. The predicted molar refractivity (Wildman–Crippen MR) is 124 cm³/mol. The average Bonchev–Trinajstić information content (AvgIpc) is 2.78. The minimum atomic E-state index is -4.16. The lowest BCUT2D eigenvalue weighted by Crippen LogP contribution is -2.30. The summed E-state index contributed by atoms with van der Waals surface area (Å²) in [6.45, 7) is 9.23. The maximum atomic E-state index is 14.1. The first-order valence-corrected chi connectivity index (χ1v) is 13.2. The summed E-state index contributed by atoms with van der Waals surface area (Å²) in [6, 6.07) is 8.68. The third-order valence-electron chi connectivity index (χ3n) is 4.97. The van der Waals surface area contributed by atoms with Crippen molar-refractivity contribution in [3.8, 4) is 0 Å². The van der Waals surface area contributed by atoms with Gasteiger partial charge in [0.2, 0.25) is 20.0 Å². The van der Waals surface area contributed by atoms with Crippen molar-refractivity contribution in [1.82, 2.24) is 14.3 Å². The van der Waals surface area contributed by atoms with Gasteiger partial charge in [0.25, 0.3) is 5.91 Å². The Balaban J connectivity index is 2.21. The monoisotopic (exact) mass is 497 g/mol. The number of benzene rings is 2.